The quantitative estimate of drug-likeness (QED) is 0.510. The van der Waals surface area contributed by atoms with Gasteiger partial charge in [0.2, 0.25) is 5.71 Å². The van der Waals surface area contributed by atoms with Crippen LogP contribution in [0.3, 0.4) is 0 Å². The van der Waals surface area contributed by atoms with E-state index < -0.39 is 0 Å². The summed E-state index contributed by atoms with van der Waals surface area (Å²) in [7, 11) is 0. The first-order valence-electron chi connectivity index (χ1n) is 7.04. The van der Waals surface area contributed by atoms with Crippen molar-refractivity contribution < 1.29 is 4.39 Å². The zero-order valence-electron chi connectivity index (χ0n) is 11.8. The van der Waals surface area contributed by atoms with Crippen molar-refractivity contribution in [2.45, 2.75) is 25.7 Å². The summed E-state index contributed by atoms with van der Waals surface area (Å²) in [6.45, 7) is 1.58. The molecule has 0 atom stereocenters. The zero-order chi connectivity index (χ0) is 15.1. The zero-order valence-corrected chi connectivity index (χ0v) is 11.8. The molecule has 5 nitrogen and oxygen atoms in total. The van der Waals surface area contributed by atoms with Crippen molar-refractivity contribution in [1.29, 1.82) is 10.7 Å². The van der Waals surface area contributed by atoms with Gasteiger partial charge in [-0.3, -0.25) is 10.8 Å². The Morgan fingerprint density at radius 3 is 2.38 bits per heavy atom. The van der Waals surface area contributed by atoms with Crippen molar-refractivity contribution in [2.75, 3.05) is 18.5 Å². The van der Waals surface area contributed by atoms with Crippen molar-refractivity contribution in [2.24, 2.45) is 5.10 Å². The van der Waals surface area contributed by atoms with Crippen LogP contribution < -0.4 is 5.43 Å². The van der Waals surface area contributed by atoms with Crippen molar-refractivity contribution >= 4 is 17.2 Å². The summed E-state index contributed by atoms with van der Waals surface area (Å²) in [5.74, 6) is -0.184. The molecule has 110 valence electrons. The number of hydrogen-bond acceptors (Lipinski definition) is 4. The van der Waals surface area contributed by atoms with E-state index in [0.29, 0.717) is 5.69 Å². The molecule has 0 saturated carbocycles. The SMILES string of the molecule is N#C/C(=N/Nc1ccc(F)cc1)C(=N)N1CCCCCC1. The highest BCUT2D eigenvalue weighted by molar-refractivity contribution is 6.46. The molecule has 0 amide bonds. The number of anilines is 1. The molecule has 1 aliphatic heterocycles. The van der Waals surface area contributed by atoms with Crippen molar-refractivity contribution in [1.82, 2.24) is 4.90 Å². The predicted molar refractivity (Wildman–Crippen MR) is 80.8 cm³/mol. The Balaban J connectivity index is 2.03. The van der Waals surface area contributed by atoms with Crippen LogP contribution in [0.4, 0.5) is 10.1 Å². The second kappa shape index (κ2) is 7.39. The maximum absolute atomic E-state index is 12.8. The van der Waals surface area contributed by atoms with Crippen LogP contribution in [0.25, 0.3) is 0 Å². The number of hydrogen-bond donors (Lipinski definition) is 2. The fraction of sp³-hybridized carbons (Fsp3) is 0.400. The molecule has 1 aromatic carbocycles. The van der Waals surface area contributed by atoms with Crippen LogP contribution in [-0.2, 0) is 0 Å². The van der Waals surface area contributed by atoms with Crippen LogP contribution in [0.2, 0.25) is 0 Å². The minimum absolute atomic E-state index is 0.0428. The predicted octanol–water partition coefficient (Wildman–Crippen LogP) is 2.97. The summed E-state index contributed by atoms with van der Waals surface area (Å²) >= 11 is 0. The maximum atomic E-state index is 12.8. The van der Waals surface area contributed by atoms with Gasteiger partial charge < -0.3 is 4.90 Å². The van der Waals surface area contributed by atoms with E-state index in [1.54, 1.807) is 0 Å². The summed E-state index contributed by atoms with van der Waals surface area (Å²) < 4.78 is 12.8. The smallest absolute Gasteiger partial charge is 0.202 e. The Morgan fingerprint density at radius 2 is 1.81 bits per heavy atom. The molecule has 1 fully saturated rings. The summed E-state index contributed by atoms with van der Waals surface area (Å²) in [5, 5.41) is 21.2. The first kappa shape index (κ1) is 15.0. The van der Waals surface area contributed by atoms with E-state index in [-0.39, 0.29) is 17.4 Å². The molecule has 2 rings (SSSR count). The highest BCUT2D eigenvalue weighted by Gasteiger charge is 2.17. The lowest BCUT2D eigenvalue weighted by Crippen LogP contribution is -2.36. The highest BCUT2D eigenvalue weighted by Crippen LogP contribution is 2.11. The van der Waals surface area contributed by atoms with Crippen molar-refractivity contribution in [3.05, 3.63) is 30.1 Å². The summed E-state index contributed by atoms with van der Waals surface area (Å²) in [6, 6.07) is 7.63. The molecular formula is C15H18FN5. The van der Waals surface area contributed by atoms with Crippen LogP contribution in [0, 0.1) is 22.6 Å². The fourth-order valence-electron chi connectivity index (χ4n) is 2.22. The Labute approximate surface area is 123 Å². The van der Waals surface area contributed by atoms with Crippen LogP contribution in [0.15, 0.2) is 29.4 Å². The van der Waals surface area contributed by atoms with Gasteiger partial charge in [0.15, 0.2) is 5.84 Å². The molecular weight excluding hydrogens is 269 g/mol. The number of likely N-dealkylation sites (tertiary alicyclic amines) is 1. The van der Waals surface area contributed by atoms with E-state index in [9.17, 15) is 9.65 Å². The lowest BCUT2D eigenvalue weighted by atomic mass is 10.2. The molecule has 0 bridgehead atoms. The van der Waals surface area contributed by atoms with E-state index in [0.717, 1.165) is 38.8 Å². The van der Waals surface area contributed by atoms with Gasteiger partial charge in [-0.2, -0.15) is 10.4 Å². The van der Waals surface area contributed by atoms with Crippen LogP contribution in [0.1, 0.15) is 25.7 Å². The Bertz CT molecular complexity index is 550. The molecule has 0 aromatic heterocycles. The normalized spacial score (nSPS) is 16.0. The lowest BCUT2D eigenvalue weighted by molar-refractivity contribution is 0.438. The Morgan fingerprint density at radius 1 is 1.19 bits per heavy atom. The van der Waals surface area contributed by atoms with Gasteiger partial charge in [-0.25, -0.2) is 4.39 Å². The first-order chi connectivity index (χ1) is 10.2. The molecule has 1 aliphatic rings. The lowest BCUT2D eigenvalue weighted by Gasteiger charge is -2.21. The Kier molecular flexibility index (Phi) is 5.27. The molecule has 1 saturated heterocycles. The molecule has 2 N–H and O–H groups in total. The summed E-state index contributed by atoms with van der Waals surface area (Å²) in [5.41, 5.74) is 3.31. The molecule has 21 heavy (non-hydrogen) atoms. The number of nitrogens with zero attached hydrogens (tertiary/aromatic N) is 3. The number of nitriles is 1. The summed E-state index contributed by atoms with van der Waals surface area (Å²) in [6.07, 6.45) is 4.40. The van der Waals surface area contributed by atoms with Gasteiger partial charge in [0.1, 0.15) is 11.9 Å². The van der Waals surface area contributed by atoms with Gasteiger partial charge in [0.25, 0.3) is 0 Å². The number of halogens is 1. The highest BCUT2D eigenvalue weighted by atomic mass is 19.1. The average molecular weight is 287 g/mol. The van der Waals surface area contributed by atoms with Gasteiger partial charge in [0, 0.05) is 13.1 Å². The molecule has 1 aromatic rings. The molecule has 0 aliphatic carbocycles. The molecule has 0 radical (unpaired) electrons. The van der Waals surface area contributed by atoms with Crippen molar-refractivity contribution in [3.8, 4) is 6.07 Å². The third kappa shape index (κ3) is 4.28. The minimum Gasteiger partial charge on any atom is -0.355 e. The van der Waals surface area contributed by atoms with Gasteiger partial charge in [-0.1, -0.05) is 12.8 Å². The van der Waals surface area contributed by atoms with Crippen molar-refractivity contribution in [3.63, 3.8) is 0 Å². The van der Waals surface area contributed by atoms with E-state index in [2.05, 4.69) is 10.5 Å². The average Bonchev–Trinajstić information content (AvgIpc) is 2.78. The second-order valence-electron chi connectivity index (χ2n) is 4.94. The van der Waals surface area contributed by atoms with Gasteiger partial charge in [0.05, 0.1) is 5.69 Å². The number of amidine groups is 1. The monoisotopic (exact) mass is 287 g/mol. The maximum Gasteiger partial charge on any atom is 0.202 e. The van der Waals surface area contributed by atoms with Gasteiger partial charge >= 0.3 is 0 Å². The molecule has 1 heterocycles. The van der Waals surface area contributed by atoms with Crippen LogP contribution >= 0.6 is 0 Å². The van der Waals surface area contributed by atoms with E-state index >= 15 is 0 Å². The van der Waals surface area contributed by atoms with Crippen LogP contribution in [-0.4, -0.2) is 29.5 Å². The Hall–Kier alpha value is -2.42. The summed E-state index contributed by atoms with van der Waals surface area (Å²) in [4.78, 5) is 1.89. The number of rotatable bonds is 3. The largest absolute Gasteiger partial charge is 0.355 e. The standard InChI is InChI=1S/C15H18FN5/c16-12-5-7-13(8-6-12)19-20-14(11-17)15(18)21-9-3-1-2-4-10-21/h5-8,18-19H,1-4,9-10H2/b18-15?,20-14-. The third-order valence-electron chi connectivity index (χ3n) is 3.39. The number of hydrazone groups is 1. The molecule has 0 unspecified atom stereocenters. The first-order valence-corrected chi connectivity index (χ1v) is 7.04. The van der Waals surface area contributed by atoms with Gasteiger partial charge in [-0.15, -0.1) is 0 Å². The number of benzene rings is 1. The fourth-order valence-corrected chi connectivity index (χ4v) is 2.22. The van der Waals surface area contributed by atoms with E-state index in [1.807, 2.05) is 11.0 Å². The van der Waals surface area contributed by atoms with E-state index in [1.165, 1.54) is 24.3 Å². The third-order valence-corrected chi connectivity index (χ3v) is 3.39. The molecule has 0 spiro atoms. The minimum atomic E-state index is -0.331. The van der Waals surface area contributed by atoms with Gasteiger partial charge in [-0.05, 0) is 37.1 Å². The second-order valence-corrected chi connectivity index (χ2v) is 4.94. The van der Waals surface area contributed by atoms with Crippen LogP contribution in [0.5, 0.6) is 0 Å². The molecule has 6 heteroatoms. The topological polar surface area (TPSA) is 75.3 Å². The number of nitrogens with one attached hydrogen (secondary N) is 2. The van der Waals surface area contributed by atoms with E-state index in [4.69, 9.17) is 5.41 Å².